The van der Waals surface area contributed by atoms with Gasteiger partial charge in [0.2, 0.25) is 0 Å². The number of benzene rings is 1. The second-order valence-electron chi connectivity index (χ2n) is 4.52. The molecule has 0 saturated heterocycles. The van der Waals surface area contributed by atoms with Crippen LogP contribution in [0.1, 0.15) is 22.7 Å². The summed E-state index contributed by atoms with van der Waals surface area (Å²) in [6, 6.07) is 12.1. The number of aryl methyl sites for hydroxylation is 1. The van der Waals surface area contributed by atoms with E-state index in [1.165, 1.54) is 0 Å². The van der Waals surface area contributed by atoms with Crippen molar-refractivity contribution in [2.45, 2.75) is 12.8 Å². The minimum atomic E-state index is -0.166. The lowest BCUT2D eigenvalue weighted by Gasteiger charge is -2.24. The smallest absolute Gasteiger partial charge is 0.157 e. The minimum absolute atomic E-state index is 0.166. The van der Waals surface area contributed by atoms with E-state index in [0.29, 0.717) is 17.2 Å². The molecule has 1 unspecified atom stereocenters. The summed E-state index contributed by atoms with van der Waals surface area (Å²) in [5.74, 6) is 0.902. The Bertz CT molecular complexity index is 690. The molecule has 2 heterocycles. The molecule has 19 heavy (non-hydrogen) atoms. The maximum absolute atomic E-state index is 9.39. The second-order valence-corrected chi connectivity index (χ2v) is 4.52. The zero-order chi connectivity index (χ0) is 13.4. The van der Waals surface area contributed by atoms with Crippen LogP contribution < -0.4 is 11.1 Å². The number of nitrogens with one attached hydrogen (secondary N) is 2. The number of nitrogens with two attached hydrogens (primary N) is 1. The van der Waals surface area contributed by atoms with Gasteiger partial charge in [-0.15, -0.1) is 0 Å². The highest BCUT2D eigenvalue weighted by molar-refractivity contribution is 5.65. The topological polar surface area (TPSA) is 90.5 Å². The van der Waals surface area contributed by atoms with E-state index >= 15 is 0 Å². The Hall–Kier alpha value is -2.74. The molecule has 1 aromatic heterocycles. The van der Waals surface area contributed by atoms with Gasteiger partial charge in [-0.2, -0.15) is 10.4 Å². The SMILES string of the molecule is Cc1[nH]nc2c1C(c1ccccc1)C(C#N)=C(N)N2. The van der Waals surface area contributed by atoms with Gasteiger partial charge in [-0.05, 0) is 12.5 Å². The Morgan fingerprint density at radius 2 is 2.05 bits per heavy atom. The van der Waals surface area contributed by atoms with Gasteiger partial charge in [0.15, 0.2) is 5.82 Å². The summed E-state index contributed by atoms with van der Waals surface area (Å²) in [5.41, 5.74) is 9.43. The molecule has 0 bridgehead atoms. The minimum Gasteiger partial charge on any atom is -0.384 e. The number of hydrogen-bond acceptors (Lipinski definition) is 4. The second kappa shape index (κ2) is 4.18. The number of aromatic nitrogens is 2. The molecule has 0 radical (unpaired) electrons. The molecule has 94 valence electrons. The van der Waals surface area contributed by atoms with Gasteiger partial charge >= 0.3 is 0 Å². The number of anilines is 1. The van der Waals surface area contributed by atoms with E-state index < -0.39 is 0 Å². The van der Waals surface area contributed by atoms with Gasteiger partial charge in [-0.25, -0.2) is 0 Å². The van der Waals surface area contributed by atoms with Gasteiger partial charge in [-0.1, -0.05) is 30.3 Å². The number of aromatic amines is 1. The molecule has 1 aromatic carbocycles. The van der Waals surface area contributed by atoms with Crippen molar-refractivity contribution in [3.63, 3.8) is 0 Å². The third-order valence-electron chi connectivity index (χ3n) is 3.37. The summed E-state index contributed by atoms with van der Waals surface area (Å²) >= 11 is 0. The first kappa shape index (κ1) is 11.4. The fourth-order valence-corrected chi connectivity index (χ4v) is 2.48. The summed E-state index contributed by atoms with van der Waals surface area (Å²) < 4.78 is 0. The molecule has 0 spiro atoms. The van der Waals surface area contributed by atoms with E-state index in [2.05, 4.69) is 21.6 Å². The Kier molecular flexibility index (Phi) is 2.50. The maximum Gasteiger partial charge on any atom is 0.157 e. The van der Waals surface area contributed by atoms with Gasteiger partial charge < -0.3 is 11.1 Å². The van der Waals surface area contributed by atoms with Crippen molar-refractivity contribution in [1.82, 2.24) is 10.2 Å². The number of fused-ring (bicyclic) bond motifs is 1. The Morgan fingerprint density at radius 1 is 1.32 bits per heavy atom. The molecule has 1 atom stereocenters. The quantitative estimate of drug-likeness (QED) is 0.722. The van der Waals surface area contributed by atoms with Crippen LogP contribution in [-0.2, 0) is 0 Å². The first-order valence-electron chi connectivity index (χ1n) is 5.99. The average molecular weight is 251 g/mol. The molecular formula is C14H13N5. The highest BCUT2D eigenvalue weighted by Crippen LogP contribution is 2.40. The fraction of sp³-hybridized carbons (Fsp3) is 0.143. The average Bonchev–Trinajstić information content (AvgIpc) is 2.79. The number of nitrogens with zero attached hydrogens (tertiary/aromatic N) is 2. The van der Waals surface area contributed by atoms with E-state index in [4.69, 9.17) is 5.73 Å². The first-order chi connectivity index (χ1) is 9.22. The number of allylic oxidation sites excluding steroid dienone is 1. The Balaban J connectivity index is 2.25. The van der Waals surface area contributed by atoms with Crippen LogP contribution >= 0.6 is 0 Å². The molecule has 5 heteroatoms. The highest BCUT2D eigenvalue weighted by atomic mass is 15.2. The van der Waals surface area contributed by atoms with E-state index in [1.807, 2.05) is 37.3 Å². The number of hydrogen-bond donors (Lipinski definition) is 3. The lowest BCUT2D eigenvalue weighted by molar-refractivity contribution is 0.922. The van der Waals surface area contributed by atoms with Crippen LogP contribution in [0.2, 0.25) is 0 Å². The van der Waals surface area contributed by atoms with Crippen molar-refractivity contribution < 1.29 is 0 Å². The normalized spacial score (nSPS) is 17.6. The molecule has 0 amide bonds. The van der Waals surface area contributed by atoms with Gasteiger partial charge in [0.1, 0.15) is 5.82 Å². The van der Waals surface area contributed by atoms with Crippen LogP contribution in [-0.4, -0.2) is 10.2 Å². The fourth-order valence-electron chi connectivity index (χ4n) is 2.48. The monoisotopic (exact) mass is 251 g/mol. The van der Waals surface area contributed by atoms with Crippen molar-refractivity contribution >= 4 is 5.82 Å². The van der Waals surface area contributed by atoms with Crippen molar-refractivity contribution in [2.24, 2.45) is 5.73 Å². The number of rotatable bonds is 1. The van der Waals surface area contributed by atoms with Crippen molar-refractivity contribution in [3.05, 3.63) is 58.5 Å². The molecule has 1 aliphatic heterocycles. The maximum atomic E-state index is 9.39. The lowest BCUT2D eigenvalue weighted by Crippen LogP contribution is -2.23. The van der Waals surface area contributed by atoms with E-state index in [-0.39, 0.29) is 5.92 Å². The van der Waals surface area contributed by atoms with Gasteiger partial charge in [0.05, 0.1) is 17.6 Å². The molecule has 4 N–H and O–H groups in total. The van der Waals surface area contributed by atoms with Gasteiger partial charge in [0, 0.05) is 11.3 Å². The Morgan fingerprint density at radius 3 is 2.74 bits per heavy atom. The van der Waals surface area contributed by atoms with Crippen LogP contribution in [0.15, 0.2) is 41.7 Å². The van der Waals surface area contributed by atoms with Gasteiger partial charge in [0.25, 0.3) is 0 Å². The van der Waals surface area contributed by atoms with E-state index in [1.54, 1.807) is 0 Å². The van der Waals surface area contributed by atoms with E-state index in [0.717, 1.165) is 16.8 Å². The molecule has 0 aliphatic carbocycles. The molecule has 2 aromatic rings. The largest absolute Gasteiger partial charge is 0.384 e. The lowest BCUT2D eigenvalue weighted by atomic mass is 9.83. The molecule has 1 aliphatic rings. The summed E-state index contributed by atoms with van der Waals surface area (Å²) in [7, 11) is 0. The summed E-state index contributed by atoms with van der Waals surface area (Å²) in [4.78, 5) is 0. The number of nitriles is 1. The van der Waals surface area contributed by atoms with Crippen LogP contribution in [0, 0.1) is 18.3 Å². The zero-order valence-electron chi connectivity index (χ0n) is 10.4. The molecule has 5 nitrogen and oxygen atoms in total. The van der Waals surface area contributed by atoms with Crippen molar-refractivity contribution in [2.75, 3.05) is 5.32 Å². The van der Waals surface area contributed by atoms with Crippen LogP contribution in [0.3, 0.4) is 0 Å². The molecule has 0 fully saturated rings. The van der Waals surface area contributed by atoms with E-state index in [9.17, 15) is 5.26 Å². The van der Waals surface area contributed by atoms with Gasteiger partial charge in [-0.3, -0.25) is 5.10 Å². The predicted molar refractivity (Wildman–Crippen MR) is 72.1 cm³/mol. The standard InChI is InChI=1S/C14H13N5/c1-8-11-12(9-5-3-2-4-6-9)10(7-15)13(16)17-14(11)19-18-8/h2-6,12H,16H2,1H3,(H2,17,18,19). The van der Waals surface area contributed by atoms with Crippen LogP contribution in [0.25, 0.3) is 0 Å². The third-order valence-corrected chi connectivity index (χ3v) is 3.37. The third kappa shape index (κ3) is 1.66. The summed E-state index contributed by atoms with van der Waals surface area (Å²) in [6.07, 6.45) is 0. The molecule has 3 rings (SSSR count). The zero-order valence-corrected chi connectivity index (χ0v) is 10.4. The van der Waals surface area contributed by atoms with Crippen LogP contribution in [0.5, 0.6) is 0 Å². The first-order valence-corrected chi connectivity index (χ1v) is 5.99. The Labute approximate surface area is 110 Å². The van der Waals surface area contributed by atoms with Crippen molar-refractivity contribution in [3.8, 4) is 6.07 Å². The van der Waals surface area contributed by atoms with Crippen LogP contribution in [0.4, 0.5) is 5.82 Å². The van der Waals surface area contributed by atoms with Crippen molar-refractivity contribution in [1.29, 1.82) is 5.26 Å². The summed E-state index contributed by atoms with van der Waals surface area (Å²) in [6.45, 7) is 1.94. The highest BCUT2D eigenvalue weighted by Gasteiger charge is 2.31. The summed E-state index contributed by atoms with van der Waals surface area (Å²) in [5, 5.41) is 19.5. The molecule has 0 saturated carbocycles. The number of H-pyrrole nitrogens is 1. The molecular weight excluding hydrogens is 238 g/mol. The predicted octanol–water partition coefficient (Wildman–Crippen LogP) is 1.97.